The molecule has 0 spiro atoms. The minimum atomic E-state index is 0.737. The van der Waals surface area contributed by atoms with Gasteiger partial charge < -0.3 is 9.47 Å². The van der Waals surface area contributed by atoms with E-state index in [0.29, 0.717) is 0 Å². The van der Waals surface area contributed by atoms with E-state index in [1.807, 2.05) is 30.3 Å². The molecule has 0 unspecified atom stereocenters. The molecule has 18 heavy (non-hydrogen) atoms. The lowest BCUT2D eigenvalue weighted by atomic mass is 10.0. The molecule has 0 saturated heterocycles. The quantitative estimate of drug-likeness (QED) is 0.848. The number of rotatable bonds is 4. The highest BCUT2D eigenvalue weighted by atomic mass is 79.9. The van der Waals surface area contributed by atoms with Crippen molar-refractivity contribution < 1.29 is 9.47 Å². The summed E-state index contributed by atoms with van der Waals surface area (Å²) in [6.45, 7) is 0. The van der Waals surface area contributed by atoms with Gasteiger partial charge in [-0.3, -0.25) is 0 Å². The zero-order chi connectivity index (χ0) is 13.0. The minimum absolute atomic E-state index is 0.737. The Morgan fingerprint density at radius 2 is 1.56 bits per heavy atom. The van der Waals surface area contributed by atoms with Gasteiger partial charge >= 0.3 is 0 Å². The van der Waals surface area contributed by atoms with Crippen molar-refractivity contribution in [1.29, 1.82) is 0 Å². The zero-order valence-electron chi connectivity index (χ0n) is 10.4. The van der Waals surface area contributed by atoms with Gasteiger partial charge in [0.15, 0.2) is 11.5 Å². The summed E-state index contributed by atoms with van der Waals surface area (Å²) in [6, 6.07) is 14.3. The minimum Gasteiger partial charge on any atom is -0.493 e. The molecule has 0 fully saturated rings. The molecule has 2 aromatic carbocycles. The lowest BCUT2D eigenvalue weighted by Gasteiger charge is -2.12. The predicted octanol–water partition coefficient (Wildman–Crippen LogP) is 4.06. The van der Waals surface area contributed by atoms with Crippen molar-refractivity contribution in [3.8, 4) is 11.5 Å². The van der Waals surface area contributed by atoms with Crippen LogP contribution in [-0.2, 0) is 6.42 Å². The molecular weight excluding hydrogens is 292 g/mol. The third-order valence-corrected chi connectivity index (χ3v) is 3.53. The second-order valence-electron chi connectivity index (χ2n) is 3.96. The van der Waals surface area contributed by atoms with Gasteiger partial charge in [0.25, 0.3) is 0 Å². The average molecular weight is 307 g/mol. The summed E-state index contributed by atoms with van der Waals surface area (Å²) < 4.78 is 11.6. The van der Waals surface area contributed by atoms with Gasteiger partial charge in [-0.25, -0.2) is 0 Å². The molecule has 0 aliphatic carbocycles. The van der Waals surface area contributed by atoms with Crippen molar-refractivity contribution in [3.63, 3.8) is 0 Å². The van der Waals surface area contributed by atoms with E-state index in [-0.39, 0.29) is 0 Å². The van der Waals surface area contributed by atoms with Crippen molar-refractivity contribution in [2.24, 2.45) is 0 Å². The van der Waals surface area contributed by atoms with Crippen molar-refractivity contribution in [1.82, 2.24) is 0 Å². The van der Waals surface area contributed by atoms with Crippen LogP contribution in [0.25, 0.3) is 0 Å². The second kappa shape index (κ2) is 5.91. The Kier molecular flexibility index (Phi) is 4.26. The maximum atomic E-state index is 5.32. The van der Waals surface area contributed by atoms with E-state index in [0.717, 1.165) is 22.4 Å². The van der Waals surface area contributed by atoms with Crippen molar-refractivity contribution in [2.45, 2.75) is 6.42 Å². The summed E-state index contributed by atoms with van der Waals surface area (Å²) in [6.07, 6.45) is 0.863. The summed E-state index contributed by atoms with van der Waals surface area (Å²) in [5.74, 6) is 1.49. The van der Waals surface area contributed by atoms with Gasteiger partial charge in [0.05, 0.1) is 14.2 Å². The van der Waals surface area contributed by atoms with E-state index in [4.69, 9.17) is 9.47 Å². The normalized spacial score (nSPS) is 10.2. The first kappa shape index (κ1) is 13.0. The van der Waals surface area contributed by atoms with Crippen LogP contribution in [0.4, 0.5) is 0 Å². The highest BCUT2D eigenvalue weighted by molar-refractivity contribution is 9.10. The fourth-order valence-corrected chi connectivity index (χ4v) is 2.31. The first-order valence-corrected chi connectivity index (χ1v) is 6.48. The Morgan fingerprint density at radius 1 is 0.944 bits per heavy atom. The van der Waals surface area contributed by atoms with E-state index >= 15 is 0 Å². The molecule has 2 aromatic rings. The van der Waals surface area contributed by atoms with E-state index in [1.54, 1.807) is 14.2 Å². The molecule has 0 aliphatic rings. The molecule has 0 N–H and O–H groups in total. The van der Waals surface area contributed by atoms with E-state index in [9.17, 15) is 0 Å². The van der Waals surface area contributed by atoms with E-state index in [2.05, 4.69) is 28.1 Å². The molecule has 94 valence electrons. The summed E-state index contributed by atoms with van der Waals surface area (Å²) >= 11 is 3.57. The Hall–Kier alpha value is -1.48. The van der Waals surface area contributed by atoms with Crippen LogP contribution in [0.5, 0.6) is 11.5 Å². The molecule has 0 aliphatic heterocycles. The topological polar surface area (TPSA) is 18.5 Å². The maximum absolute atomic E-state index is 5.32. The molecule has 2 nitrogen and oxygen atoms in total. The average Bonchev–Trinajstić information content (AvgIpc) is 2.41. The van der Waals surface area contributed by atoms with Crippen LogP contribution >= 0.6 is 15.9 Å². The molecule has 0 radical (unpaired) electrons. The fourth-order valence-electron chi connectivity index (χ4n) is 1.85. The summed E-state index contributed by atoms with van der Waals surface area (Å²) in [5.41, 5.74) is 2.45. The third kappa shape index (κ3) is 2.85. The SMILES string of the molecule is COc1cc(Br)c(Cc2ccccc2)cc1OC. The third-order valence-electron chi connectivity index (χ3n) is 2.79. The number of hydrogen-bond donors (Lipinski definition) is 0. The molecule has 0 bridgehead atoms. The van der Waals surface area contributed by atoms with E-state index < -0.39 is 0 Å². The molecular formula is C15H15BrO2. The largest absolute Gasteiger partial charge is 0.493 e. The van der Waals surface area contributed by atoms with Gasteiger partial charge in [-0.1, -0.05) is 46.3 Å². The van der Waals surface area contributed by atoms with Gasteiger partial charge in [0.1, 0.15) is 0 Å². The molecule has 0 amide bonds. The van der Waals surface area contributed by atoms with Crippen LogP contribution in [-0.4, -0.2) is 14.2 Å². The first-order chi connectivity index (χ1) is 8.74. The van der Waals surface area contributed by atoms with Crippen LogP contribution in [0, 0.1) is 0 Å². The fraction of sp³-hybridized carbons (Fsp3) is 0.200. The van der Waals surface area contributed by atoms with Crippen LogP contribution in [0.2, 0.25) is 0 Å². The lowest BCUT2D eigenvalue weighted by molar-refractivity contribution is 0.354. The molecule has 0 heterocycles. The number of halogens is 1. The molecule has 0 saturated carbocycles. The highest BCUT2D eigenvalue weighted by Crippen LogP contribution is 2.34. The lowest BCUT2D eigenvalue weighted by Crippen LogP contribution is -1.95. The monoisotopic (exact) mass is 306 g/mol. The summed E-state index contributed by atoms with van der Waals surface area (Å²) in [5, 5.41) is 0. The number of ether oxygens (including phenoxy) is 2. The highest BCUT2D eigenvalue weighted by Gasteiger charge is 2.09. The van der Waals surface area contributed by atoms with Gasteiger partial charge in [0.2, 0.25) is 0 Å². The smallest absolute Gasteiger partial charge is 0.161 e. The summed E-state index contributed by atoms with van der Waals surface area (Å²) in [4.78, 5) is 0. The number of hydrogen-bond acceptors (Lipinski definition) is 2. The Bertz CT molecular complexity index is 524. The molecule has 0 atom stereocenters. The first-order valence-electron chi connectivity index (χ1n) is 5.69. The predicted molar refractivity (Wildman–Crippen MR) is 76.5 cm³/mol. The molecule has 2 rings (SSSR count). The van der Waals surface area contributed by atoms with Crippen LogP contribution in [0.1, 0.15) is 11.1 Å². The van der Waals surface area contributed by atoms with Crippen LogP contribution < -0.4 is 9.47 Å². The standard InChI is InChI=1S/C15H15BrO2/c1-17-14-9-12(13(16)10-15(14)18-2)8-11-6-4-3-5-7-11/h3-7,9-10H,8H2,1-2H3. The maximum Gasteiger partial charge on any atom is 0.161 e. The second-order valence-corrected chi connectivity index (χ2v) is 4.82. The summed E-state index contributed by atoms with van der Waals surface area (Å²) in [7, 11) is 3.29. The van der Waals surface area contributed by atoms with Gasteiger partial charge in [-0.2, -0.15) is 0 Å². The van der Waals surface area contributed by atoms with Crippen LogP contribution in [0.3, 0.4) is 0 Å². The molecule has 3 heteroatoms. The van der Waals surface area contributed by atoms with Gasteiger partial charge in [-0.15, -0.1) is 0 Å². The van der Waals surface area contributed by atoms with Crippen LogP contribution in [0.15, 0.2) is 46.9 Å². The van der Waals surface area contributed by atoms with Crippen molar-refractivity contribution in [3.05, 3.63) is 58.1 Å². The van der Waals surface area contributed by atoms with Gasteiger partial charge in [0, 0.05) is 4.47 Å². The van der Waals surface area contributed by atoms with E-state index in [1.165, 1.54) is 11.1 Å². The number of methoxy groups -OCH3 is 2. The Labute approximate surface area is 116 Å². The van der Waals surface area contributed by atoms with Crippen molar-refractivity contribution in [2.75, 3.05) is 14.2 Å². The zero-order valence-corrected chi connectivity index (χ0v) is 12.0. The Morgan fingerprint density at radius 3 is 2.17 bits per heavy atom. The molecule has 0 aromatic heterocycles. The van der Waals surface area contributed by atoms with Crippen molar-refractivity contribution >= 4 is 15.9 Å². The van der Waals surface area contributed by atoms with Gasteiger partial charge in [-0.05, 0) is 29.7 Å². The number of benzene rings is 2. The Balaban J connectivity index is 2.33.